The molecule has 0 aliphatic heterocycles. The number of hydrogen-bond donors (Lipinski definition) is 2. The predicted octanol–water partition coefficient (Wildman–Crippen LogP) is 2.53. The van der Waals surface area contributed by atoms with Gasteiger partial charge in [0.15, 0.2) is 11.6 Å². The van der Waals surface area contributed by atoms with E-state index in [0.29, 0.717) is 11.3 Å². The highest BCUT2D eigenvalue weighted by Gasteiger charge is 2.22. The molecule has 0 heterocycles. The molecule has 0 saturated heterocycles. The Morgan fingerprint density at radius 1 is 1.00 bits per heavy atom. The smallest absolute Gasteiger partial charge is 0.165 e. The van der Waals surface area contributed by atoms with Crippen LogP contribution < -0.4 is 20.7 Å². The maximum Gasteiger partial charge on any atom is 0.165 e. The van der Waals surface area contributed by atoms with Crippen LogP contribution in [0.25, 0.3) is 0 Å². The van der Waals surface area contributed by atoms with E-state index in [1.807, 2.05) is 0 Å². The second kappa shape index (κ2) is 6.51. The van der Waals surface area contributed by atoms with E-state index in [-0.39, 0.29) is 11.3 Å². The Hall–Kier alpha value is -2.18. The molecule has 6 heteroatoms. The third kappa shape index (κ3) is 2.96. The lowest BCUT2D eigenvalue weighted by atomic mass is 9.97. The van der Waals surface area contributed by atoms with Gasteiger partial charge in [-0.25, -0.2) is 14.2 Å². The quantitative estimate of drug-likeness (QED) is 0.657. The van der Waals surface area contributed by atoms with Gasteiger partial charge in [0.25, 0.3) is 0 Å². The van der Waals surface area contributed by atoms with Crippen molar-refractivity contribution in [3.63, 3.8) is 0 Å². The largest absolute Gasteiger partial charge is 0.496 e. The molecule has 1 atom stereocenters. The molecule has 2 aromatic carbocycles. The Balaban J connectivity index is 2.52. The summed E-state index contributed by atoms with van der Waals surface area (Å²) in [6.45, 7) is 0. The summed E-state index contributed by atoms with van der Waals surface area (Å²) in [6, 6.07) is 8.00. The van der Waals surface area contributed by atoms with Gasteiger partial charge < -0.3 is 9.47 Å². The van der Waals surface area contributed by atoms with Crippen LogP contribution in [0.3, 0.4) is 0 Å². The summed E-state index contributed by atoms with van der Waals surface area (Å²) in [5.74, 6) is 4.92. The highest BCUT2D eigenvalue weighted by Crippen LogP contribution is 2.33. The van der Waals surface area contributed by atoms with E-state index >= 15 is 0 Å². The van der Waals surface area contributed by atoms with Crippen molar-refractivity contribution < 1.29 is 18.3 Å². The van der Waals surface area contributed by atoms with Gasteiger partial charge in [0.1, 0.15) is 11.6 Å². The molecule has 0 aliphatic carbocycles. The van der Waals surface area contributed by atoms with E-state index in [0.717, 1.165) is 0 Å². The highest BCUT2D eigenvalue weighted by atomic mass is 19.1. The van der Waals surface area contributed by atoms with Crippen molar-refractivity contribution in [3.05, 3.63) is 59.2 Å². The minimum atomic E-state index is -0.749. The van der Waals surface area contributed by atoms with Gasteiger partial charge >= 0.3 is 0 Å². The number of methoxy groups -OCH3 is 2. The van der Waals surface area contributed by atoms with Crippen molar-refractivity contribution in [1.29, 1.82) is 0 Å². The maximum atomic E-state index is 14.1. The average molecular weight is 294 g/mol. The molecule has 4 nitrogen and oxygen atoms in total. The van der Waals surface area contributed by atoms with Gasteiger partial charge in [-0.05, 0) is 29.8 Å². The summed E-state index contributed by atoms with van der Waals surface area (Å²) >= 11 is 0. The van der Waals surface area contributed by atoms with Crippen LogP contribution in [0.5, 0.6) is 11.5 Å². The van der Waals surface area contributed by atoms with Crippen LogP contribution in [-0.4, -0.2) is 14.2 Å². The molecule has 0 bridgehead atoms. The predicted molar refractivity (Wildman–Crippen MR) is 75.1 cm³/mol. The van der Waals surface area contributed by atoms with Crippen LogP contribution in [-0.2, 0) is 0 Å². The summed E-state index contributed by atoms with van der Waals surface area (Å²) < 4.78 is 38.0. The lowest BCUT2D eigenvalue weighted by molar-refractivity contribution is 0.384. The Bertz CT molecular complexity index is 635. The Kier molecular flexibility index (Phi) is 4.72. The molecule has 3 N–H and O–H groups in total. The maximum absolute atomic E-state index is 14.1. The molecule has 1 unspecified atom stereocenters. The average Bonchev–Trinajstić information content (AvgIpc) is 2.49. The zero-order valence-corrected chi connectivity index (χ0v) is 11.7. The number of hydrogen-bond acceptors (Lipinski definition) is 4. The van der Waals surface area contributed by atoms with Gasteiger partial charge in [-0.2, -0.15) is 0 Å². The first kappa shape index (κ1) is 15.2. The van der Waals surface area contributed by atoms with Crippen molar-refractivity contribution >= 4 is 0 Å². The molecule has 0 aromatic heterocycles. The third-order valence-corrected chi connectivity index (χ3v) is 3.20. The Morgan fingerprint density at radius 3 is 2.29 bits per heavy atom. The fraction of sp³-hybridized carbons (Fsp3) is 0.200. The number of halogens is 2. The standard InChI is InChI=1S/C15H16F2N2O2/c1-20-12-7-6-9(8-11(12)17)15(19-18)14-10(16)4-3-5-13(14)21-2/h3-8,15,19H,18H2,1-2H3. The highest BCUT2D eigenvalue weighted by molar-refractivity contribution is 5.43. The summed E-state index contributed by atoms with van der Waals surface area (Å²) in [5, 5.41) is 0. The molecular weight excluding hydrogens is 278 g/mol. The molecule has 0 radical (unpaired) electrons. The van der Waals surface area contributed by atoms with E-state index in [1.165, 1.54) is 38.5 Å². The molecule has 2 rings (SSSR count). The van der Waals surface area contributed by atoms with Crippen molar-refractivity contribution in [2.45, 2.75) is 6.04 Å². The molecular formula is C15H16F2N2O2. The van der Waals surface area contributed by atoms with E-state index in [4.69, 9.17) is 15.3 Å². The van der Waals surface area contributed by atoms with E-state index in [9.17, 15) is 8.78 Å². The fourth-order valence-corrected chi connectivity index (χ4v) is 2.18. The van der Waals surface area contributed by atoms with Crippen molar-refractivity contribution in [3.8, 4) is 11.5 Å². The first-order valence-corrected chi connectivity index (χ1v) is 6.24. The van der Waals surface area contributed by atoms with Crippen molar-refractivity contribution in [2.75, 3.05) is 14.2 Å². The Labute approximate surface area is 121 Å². The summed E-state index contributed by atoms with van der Waals surface area (Å²) in [6.07, 6.45) is 0. The van der Waals surface area contributed by atoms with Gasteiger partial charge in [0, 0.05) is 0 Å². The van der Waals surface area contributed by atoms with E-state index in [1.54, 1.807) is 12.1 Å². The number of nitrogens with one attached hydrogen (secondary N) is 1. The van der Waals surface area contributed by atoms with Gasteiger partial charge in [0.05, 0.1) is 25.8 Å². The lowest BCUT2D eigenvalue weighted by Crippen LogP contribution is -2.30. The molecule has 0 aliphatic rings. The number of rotatable bonds is 5. The van der Waals surface area contributed by atoms with Crippen LogP contribution in [0.2, 0.25) is 0 Å². The van der Waals surface area contributed by atoms with Crippen LogP contribution in [0.1, 0.15) is 17.2 Å². The molecule has 0 fully saturated rings. The molecule has 0 spiro atoms. The molecule has 0 saturated carbocycles. The number of ether oxygens (including phenoxy) is 2. The van der Waals surface area contributed by atoms with Crippen molar-refractivity contribution in [1.82, 2.24) is 5.43 Å². The molecule has 0 amide bonds. The van der Waals surface area contributed by atoms with E-state index in [2.05, 4.69) is 5.43 Å². The zero-order chi connectivity index (χ0) is 15.4. The summed E-state index contributed by atoms with van der Waals surface area (Å²) in [4.78, 5) is 0. The van der Waals surface area contributed by atoms with Crippen LogP contribution >= 0.6 is 0 Å². The summed E-state index contributed by atoms with van der Waals surface area (Å²) in [5.41, 5.74) is 3.16. The minimum absolute atomic E-state index is 0.107. The normalized spacial score (nSPS) is 12.0. The van der Waals surface area contributed by atoms with Gasteiger partial charge in [-0.1, -0.05) is 12.1 Å². The topological polar surface area (TPSA) is 56.5 Å². The third-order valence-electron chi connectivity index (χ3n) is 3.20. The molecule has 2 aromatic rings. The van der Waals surface area contributed by atoms with Crippen LogP contribution in [0.4, 0.5) is 8.78 Å². The molecule has 21 heavy (non-hydrogen) atoms. The number of nitrogens with two attached hydrogens (primary N) is 1. The number of benzene rings is 2. The lowest BCUT2D eigenvalue weighted by Gasteiger charge is -2.20. The minimum Gasteiger partial charge on any atom is -0.496 e. The van der Waals surface area contributed by atoms with Crippen LogP contribution in [0, 0.1) is 11.6 Å². The Morgan fingerprint density at radius 2 is 1.71 bits per heavy atom. The monoisotopic (exact) mass is 294 g/mol. The van der Waals surface area contributed by atoms with Crippen LogP contribution in [0.15, 0.2) is 36.4 Å². The second-order valence-corrected chi connectivity index (χ2v) is 4.35. The first-order valence-electron chi connectivity index (χ1n) is 6.24. The van der Waals surface area contributed by atoms with Gasteiger partial charge in [-0.15, -0.1) is 0 Å². The zero-order valence-electron chi connectivity index (χ0n) is 11.7. The van der Waals surface area contributed by atoms with Gasteiger partial charge in [-0.3, -0.25) is 5.84 Å². The first-order chi connectivity index (χ1) is 10.1. The van der Waals surface area contributed by atoms with Gasteiger partial charge in [0.2, 0.25) is 0 Å². The summed E-state index contributed by atoms with van der Waals surface area (Å²) in [7, 11) is 2.80. The fourth-order valence-electron chi connectivity index (χ4n) is 2.18. The van der Waals surface area contributed by atoms with E-state index < -0.39 is 17.7 Å². The van der Waals surface area contributed by atoms with Crippen molar-refractivity contribution in [2.24, 2.45) is 5.84 Å². The number of hydrazine groups is 1. The second-order valence-electron chi connectivity index (χ2n) is 4.35. The SMILES string of the molecule is COc1ccc(C(NN)c2c(F)cccc2OC)cc1F. The molecule has 112 valence electrons.